The fourth-order valence-corrected chi connectivity index (χ4v) is 4.34. The Morgan fingerprint density at radius 2 is 1.80 bits per heavy atom. The summed E-state index contributed by atoms with van der Waals surface area (Å²) in [5, 5.41) is 3.56. The molecular weight excluding hydrogens is 416 g/mol. The average molecular weight is 435 g/mol. The van der Waals surface area contributed by atoms with E-state index in [1.807, 2.05) is 54.6 Å². The molecule has 2 amide bonds. The molecule has 0 bridgehead atoms. The number of halogens is 1. The molecule has 1 N–H and O–H groups in total. The van der Waals surface area contributed by atoms with Crippen molar-refractivity contribution in [1.29, 1.82) is 0 Å². The Balaban J connectivity index is 1.52. The first-order chi connectivity index (χ1) is 14.5. The van der Waals surface area contributed by atoms with Gasteiger partial charge in [-0.25, -0.2) is 0 Å². The van der Waals surface area contributed by atoms with Crippen LogP contribution in [0.3, 0.4) is 0 Å². The van der Waals surface area contributed by atoms with Crippen LogP contribution >= 0.6 is 23.4 Å². The summed E-state index contributed by atoms with van der Waals surface area (Å²) in [7, 11) is 1.73. The number of fused-ring (bicyclic) bond motifs is 1. The number of hydrogen-bond acceptors (Lipinski definition) is 3. The Morgan fingerprint density at radius 1 is 1.07 bits per heavy atom. The number of amides is 2. The molecule has 3 aromatic rings. The van der Waals surface area contributed by atoms with E-state index in [0.29, 0.717) is 22.0 Å². The van der Waals surface area contributed by atoms with Gasteiger partial charge < -0.3 is 10.2 Å². The second-order valence-corrected chi connectivity index (χ2v) is 8.40. The van der Waals surface area contributed by atoms with Crippen LogP contribution in [0.2, 0.25) is 5.02 Å². The summed E-state index contributed by atoms with van der Waals surface area (Å²) in [5.74, 6) is -0.278. The zero-order valence-electron chi connectivity index (χ0n) is 16.3. The summed E-state index contributed by atoms with van der Waals surface area (Å²) < 4.78 is 0. The largest absolute Gasteiger partial charge is 0.348 e. The SMILES string of the molecule is CN1C(=O)/C(=C\c2ccccc2)Sc2ccc(C(=O)NCc3ccc(Cl)cc3)cc21. The number of anilines is 1. The smallest absolute Gasteiger partial charge is 0.264 e. The van der Waals surface area contributed by atoms with Crippen LogP contribution in [-0.4, -0.2) is 18.9 Å². The predicted octanol–water partition coefficient (Wildman–Crippen LogP) is 5.38. The van der Waals surface area contributed by atoms with E-state index in [1.54, 1.807) is 36.2 Å². The summed E-state index contributed by atoms with van der Waals surface area (Å²) in [6.45, 7) is 0.403. The molecule has 0 unspecified atom stereocenters. The van der Waals surface area contributed by atoms with Gasteiger partial charge in [-0.1, -0.05) is 65.8 Å². The molecule has 0 fully saturated rings. The lowest BCUT2D eigenvalue weighted by molar-refractivity contribution is -0.114. The van der Waals surface area contributed by atoms with E-state index in [9.17, 15) is 9.59 Å². The lowest BCUT2D eigenvalue weighted by atomic mass is 10.1. The van der Waals surface area contributed by atoms with E-state index >= 15 is 0 Å². The van der Waals surface area contributed by atoms with Crippen LogP contribution in [0, 0.1) is 0 Å². The zero-order valence-corrected chi connectivity index (χ0v) is 17.8. The van der Waals surface area contributed by atoms with Gasteiger partial charge in [0.2, 0.25) is 0 Å². The Hall–Kier alpha value is -3.02. The van der Waals surface area contributed by atoms with Crippen molar-refractivity contribution in [2.75, 3.05) is 11.9 Å². The summed E-state index contributed by atoms with van der Waals surface area (Å²) in [5.41, 5.74) is 3.18. The van der Waals surface area contributed by atoms with Crippen molar-refractivity contribution in [2.45, 2.75) is 11.4 Å². The van der Waals surface area contributed by atoms with Crippen LogP contribution in [0.4, 0.5) is 5.69 Å². The Bertz CT molecular complexity index is 1130. The molecule has 4 nitrogen and oxygen atoms in total. The molecule has 0 saturated heterocycles. The Kier molecular flexibility index (Phi) is 5.93. The number of carbonyl (C=O) groups excluding carboxylic acids is 2. The van der Waals surface area contributed by atoms with Gasteiger partial charge in [0, 0.05) is 29.1 Å². The number of rotatable bonds is 4. The first kappa shape index (κ1) is 20.3. The number of nitrogens with zero attached hydrogens (tertiary/aromatic N) is 1. The number of benzene rings is 3. The topological polar surface area (TPSA) is 49.4 Å². The molecule has 1 heterocycles. The third-order valence-corrected chi connectivity index (χ3v) is 6.11. The van der Waals surface area contributed by atoms with Crippen LogP contribution in [-0.2, 0) is 11.3 Å². The lowest BCUT2D eigenvalue weighted by Crippen LogP contribution is -2.31. The van der Waals surface area contributed by atoms with Crippen LogP contribution < -0.4 is 10.2 Å². The third kappa shape index (κ3) is 4.42. The standard InChI is InChI=1S/C24H19ClN2O2S/c1-27-20-14-18(23(28)26-15-17-7-10-19(25)11-8-17)9-12-21(20)30-22(24(27)29)13-16-5-3-2-4-6-16/h2-14H,15H2,1H3,(H,26,28)/b22-13+. The van der Waals surface area contributed by atoms with E-state index < -0.39 is 0 Å². The van der Waals surface area contributed by atoms with E-state index in [1.165, 1.54) is 11.8 Å². The van der Waals surface area contributed by atoms with E-state index in [-0.39, 0.29) is 11.8 Å². The van der Waals surface area contributed by atoms with Crippen LogP contribution in [0.25, 0.3) is 6.08 Å². The Morgan fingerprint density at radius 3 is 2.53 bits per heavy atom. The normalized spacial score (nSPS) is 14.5. The highest BCUT2D eigenvalue weighted by atomic mass is 35.5. The lowest BCUT2D eigenvalue weighted by Gasteiger charge is -2.27. The Labute approximate surface area is 184 Å². The molecule has 1 aliphatic rings. The van der Waals surface area contributed by atoms with E-state index in [2.05, 4.69) is 5.32 Å². The molecule has 30 heavy (non-hydrogen) atoms. The minimum absolute atomic E-state index is 0.0879. The maximum Gasteiger partial charge on any atom is 0.264 e. The highest BCUT2D eigenvalue weighted by Gasteiger charge is 2.27. The van der Waals surface area contributed by atoms with Gasteiger partial charge in [0.15, 0.2) is 0 Å². The number of nitrogens with one attached hydrogen (secondary N) is 1. The summed E-state index contributed by atoms with van der Waals surface area (Å²) in [4.78, 5) is 28.6. The molecular formula is C24H19ClN2O2S. The number of hydrogen-bond donors (Lipinski definition) is 1. The van der Waals surface area contributed by atoms with Crippen molar-refractivity contribution in [3.63, 3.8) is 0 Å². The van der Waals surface area contributed by atoms with Crippen molar-refractivity contribution in [3.05, 3.63) is 99.4 Å². The first-order valence-electron chi connectivity index (χ1n) is 9.40. The molecule has 0 atom stereocenters. The highest BCUT2D eigenvalue weighted by Crippen LogP contribution is 2.41. The summed E-state index contributed by atoms with van der Waals surface area (Å²) in [6, 6.07) is 22.5. The predicted molar refractivity (Wildman–Crippen MR) is 123 cm³/mol. The quantitative estimate of drug-likeness (QED) is 0.561. The van der Waals surface area contributed by atoms with Crippen molar-refractivity contribution in [2.24, 2.45) is 0 Å². The second kappa shape index (κ2) is 8.78. The van der Waals surface area contributed by atoms with Gasteiger partial charge in [-0.05, 0) is 47.5 Å². The number of carbonyl (C=O) groups is 2. The minimum Gasteiger partial charge on any atom is -0.348 e. The highest BCUT2D eigenvalue weighted by molar-refractivity contribution is 8.04. The zero-order chi connectivity index (χ0) is 21.1. The molecule has 6 heteroatoms. The monoisotopic (exact) mass is 434 g/mol. The van der Waals surface area contributed by atoms with Gasteiger partial charge in [-0.15, -0.1) is 0 Å². The fraction of sp³-hybridized carbons (Fsp3) is 0.0833. The van der Waals surface area contributed by atoms with Crippen LogP contribution in [0.5, 0.6) is 0 Å². The van der Waals surface area contributed by atoms with Crippen molar-refractivity contribution in [3.8, 4) is 0 Å². The molecule has 0 spiro atoms. The molecule has 1 aliphatic heterocycles. The van der Waals surface area contributed by atoms with E-state index in [0.717, 1.165) is 21.7 Å². The van der Waals surface area contributed by atoms with Gasteiger partial charge in [-0.2, -0.15) is 0 Å². The van der Waals surface area contributed by atoms with Gasteiger partial charge in [0.1, 0.15) is 0 Å². The van der Waals surface area contributed by atoms with Gasteiger partial charge >= 0.3 is 0 Å². The molecule has 0 saturated carbocycles. The van der Waals surface area contributed by atoms with Crippen molar-refractivity contribution < 1.29 is 9.59 Å². The second-order valence-electron chi connectivity index (χ2n) is 6.88. The average Bonchev–Trinajstić information content (AvgIpc) is 2.77. The fourth-order valence-electron chi connectivity index (χ4n) is 3.12. The molecule has 0 aromatic heterocycles. The van der Waals surface area contributed by atoms with Gasteiger partial charge in [0.05, 0.1) is 10.6 Å². The van der Waals surface area contributed by atoms with Crippen molar-refractivity contribution >= 4 is 46.9 Å². The minimum atomic E-state index is -0.191. The molecule has 3 aromatic carbocycles. The van der Waals surface area contributed by atoms with Crippen LogP contribution in [0.15, 0.2) is 82.6 Å². The van der Waals surface area contributed by atoms with Gasteiger partial charge in [0.25, 0.3) is 11.8 Å². The van der Waals surface area contributed by atoms with Crippen molar-refractivity contribution in [1.82, 2.24) is 5.32 Å². The molecule has 4 rings (SSSR count). The number of thioether (sulfide) groups is 1. The maximum absolute atomic E-state index is 12.8. The summed E-state index contributed by atoms with van der Waals surface area (Å²) >= 11 is 7.31. The number of likely N-dealkylation sites (N-methyl/N-ethyl adjacent to an activating group) is 1. The molecule has 0 radical (unpaired) electrons. The molecule has 0 aliphatic carbocycles. The maximum atomic E-state index is 12.8. The summed E-state index contributed by atoms with van der Waals surface area (Å²) in [6.07, 6.45) is 1.89. The third-order valence-electron chi connectivity index (χ3n) is 4.78. The first-order valence-corrected chi connectivity index (χ1v) is 10.6. The van der Waals surface area contributed by atoms with Crippen LogP contribution in [0.1, 0.15) is 21.5 Å². The van der Waals surface area contributed by atoms with E-state index in [4.69, 9.17) is 11.6 Å². The van der Waals surface area contributed by atoms with Gasteiger partial charge in [-0.3, -0.25) is 9.59 Å². The molecule has 150 valence electrons.